The molecular formula is C35H55NO3. The number of ether oxygens (including phenoxy) is 1. The van der Waals surface area contributed by atoms with E-state index < -0.39 is 0 Å². The molecule has 0 saturated heterocycles. The zero-order chi connectivity index (χ0) is 28.3. The Morgan fingerprint density at radius 3 is 1.77 bits per heavy atom. The summed E-state index contributed by atoms with van der Waals surface area (Å²) in [7, 11) is 1.96. The second kappa shape index (κ2) is 19.7. The Kier molecular flexibility index (Phi) is 16.6. The van der Waals surface area contributed by atoms with Crippen LogP contribution in [0.1, 0.15) is 149 Å². The first-order valence-electron chi connectivity index (χ1n) is 15.9. The van der Waals surface area contributed by atoms with Gasteiger partial charge in [-0.3, -0.25) is 9.59 Å². The first-order chi connectivity index (χ1) is 19.0. The number of esters is 1. The molecule has 2 aromatic rings. The normalized spacial score (nSPS) is 11.2. The number of hydrogen-bond donors (Lipinski definition) is 0. The maximum atomic E-state index is 13.5. The highest BCUT2D eigenvalue weighted by Crippen LogP contribution is 2.28. The fraction of sp³-hybridized carbons (Fsp3) is 0.657. The molecule has 0 unspecified atom stereocenters. The number of carbonyl (C=O) groups is 2. The van der Waals surface area contributed by atoms with Gasteiger partial charge in [-0.1, -0.05) is 127 Å². The fourth-order valence-electron chi connectivity index (χ4n) is 5.65. The fourth-order valence-corrected chi connectivity index (χ4v) is 5.65. The zero-order valence-corrected chi connectivity index (χ0v) is 25.5. The van der Waals surface area contributed by atoms with Crippen LogP contribution in [0.25, 0.3) is 0 Å². The van der Waals surface area contributed by atoms with E-state index in [1.165, 1.54) is 83.5 Å². The molecule has 4 heteroatoms. The van der Waals surface area contributed by atoms with Crippen LogP contribution in [0.2, 0.25) is 0 Å². The van der Waals surface area contributed by atoms with Gasteiger partial charge in [0.05, 0.1) is 13.0 Å². The van der Waals surface area contributed by atoms with Gasteiger partial charge in [0.2, 0.25) is 0 Å². The highest BCUT2D eigenvalue weighted by molar-refractivity contribution is 5.99. The Hall–Kier alpha value is -2.36. The molecule has 0 bridgehead atoms. The Bertz CT molecular complexity index is 960. The van der Waals surface area contributed by atoms with Gasteiger partial charge in [-0.2, -0.15) is 0 Å². The van der Waals surface area contributed by atoms with E-state index in [1.807, 2.05) is 43.7 Å². The Morgan fingerprint density at radius 2 is 1.26 bits per heavy atom. The lowest BCUT2D eigenvalue weighted by atomic mass is 9.94. The first-order valence-corrected chi connectivity index (χ1v) is 15.9. The van der Waals surface area contributed by atoms with Crippen LogP contribution in [-0.2, 0) is 29.4 Å². The molecule has 0 radical (unpaired) electrons. The summed E-state index contributed by atoms with van der Waals surface area (Å²) in [6.07, 6.45) is 21.2. The molecule has 0 atom stereocenters. The van der Waals surface area contributed by atoms with Crippen LogP contribution in [-0.4, -0.2) is 22.9 Å². The largest absolute Gasteiger partial charge is 0.466 e. The van der Waals surface area contributed by atoms with E-state index >= 15 is 0 Å². The second-order valence-corrected chi connectivity index (χ2v) is 11.2. The van der Waals surface area contributed by atoms with E-state index in [-0.39, 0.29) is 18.2 Å². The molecule has 218 valence electrons. The van der Waals surface area contributed by atoms with Crippen molar-refractivity contribution in [3.63, 3.8) is 0 Å². The topological polar surface area (TPSA) is 48.3 Å². The van der Waals surface area contributed by atoms with Crippen molar-refractivity contribution < 1.29 is 14.3 Å². The highest BCUT2D eigenvalue weighted by Gasteiger charge is 2.25. The Balaban J connectivity index is 1.78. The predicted molar refractivity (Wildman–Crippen MR) is 164 cm³/mol. The smallest absolute Gasteiger partial charge is 0.311 e. The summed E-state index contributed by atoms with van der Waals surface area (Å²) in [6, 6.07) is 10.2. The minimum atomic E-state index is -0.242. The third kappa shape index (κ3) is 12.1. The van der Waals surface area contributed by atoms with Gasteiger partial charge < -0.3 is 9.30 Å². The van der Waals surface area contributed by atoms with Gasteiger partial charge in [-0.15, -0.1) is 0 Å². The SMILES string of the molecule is CCCCCCCCCCCCCCCCCC(=O)c1c(Cc2ccccc2)c(CC(=O)OCC)n(C)c1C. The van der Waals surface area contributed by atoms with Crippen molar-refractivity contribution >= 4 is 11.8 Å². The van der Waals surface area contributed by atoms with E-state index in [0.29, 0.717) is 19.4 Å². The van der Waals surface area contributed by atoms with Crippen LogP contribution in [0.4, 0.5) is 0 Å². The first kappa shape index (κ1) is 32.8. The van der Waals surface area contributed by atoms with Gasteiger partial charge in [0.25, 0.3) is 0 Å². The molecule has 0 aliphatic heterocycles. The molecule has 1 heterocycles. The maximum Gasteiger partial charge on any atom is 0.311 e. The van der Waals surface area contributed by atoms with Crippen molar-refractivity contribution in [3.05, 3.63) is 58.4 Å². The minimum Gasteiger partial charge on any atom is -0.466 e. The minimum absolute atomic E-state index is 0.194. The van der Waals surface area contributed by atoms with Crippen LogP contribution in [0.5, 0.6) is 0 Å². The van der Waals surface area contributed by atoms with Gasteiger partial charge in [0, 0.05) is 30.4 Å². The van der Waals surface area contributed by atoms with Gasteiger partial charge in [-0.25, -0.2) is 0 Å². The summed E-state index contributed by atoms with van der Waals surface area (Å²) < 4.78 is 7.26. The summed E-state index contributed by atoms with van der Waals surface area (Å²) in [4.78, 5) is 25.8. The van der Waals surface area contributed by atoms with Crippen LogP contribution >= 0.6 is 0 Å². The Labute approximate surface area is 238 Å². The molecular weight excluding hydrogens is 482 g/mol. The molecule has 0 spiro atoms. The average molecular weight is 538 g/mol. The lowest BCUT2D eigenvalue weighted by Gasteiger charge is -2.09. The lowest BCUT2D eigenvalue weighted by molar-refractivity contribution is -0.142. The van der Waals surface area contributed by atoms with Crippen molar-refractivity contribution in [1.82, 2.24) is 4.57 Å². The quantitative estimate of drug-likeness (QED) is 0.0853. The number of benzene rings is 1. The van der Waals surface area contributed by atoms with E-state index in [2.05, 4.69) is 19.1 Å². The molecule has 1 aromatic carbocycles. The van der Waals surface area contributed by atoms with Crippen molar-refractivity contribution in [2.75, 3.05) is 6.61 Å². The number of carbonyl (C=O) groups excluding carboxylic acids is 2. The third-order valence-electron chi connectivity index (χ3n) is 8.05. The molecule has 0 saturated carbocycles. The van der Waals surface area contributed by atoms with Crippen LogP contribution < -0.4 is 0 Å². The summed E-state index contributed by atoms with van der Waals surface area (Å²) >= 11 is 0. The summed E-state index contributed by atoms with van der Waals surface area (Å²) in [6.45, 7) is 6.47. The maximum absolute atomic E-state index is 13.5. The molecule has 0 fully saturated rings. The second-order valence-electron chi connectivity index (χ2n) is 11.2. The molecule has 0 aliphatic carbocycles. The monoisotopic (exact) mass is 537 g/mol. The van der Waals surface area contributed by atoms with Crippen LogP contribution in [0, 0.1) is 6.92 Å². The van der Waals surface area contributed by atoms with E-state index in [9.17, 15) is 9.59 Å². The van der Waals surface area contributed by atoms with Crippen molar-refractivity contribution in [2.24, 2.45) is 7.05 Å². The van der Waals surface area contributed by atoms with Gasteiger partial charge in [0.1, 0.15) is 0 Å². The predicted octanol–water partition coefficient (Wildman–Crippen LogP) is 9.47. The van der Waals surface area contributed by atoms with Gasteiger partial charge in [-0.05, 0) is 37.8 Å². The summed E-state index contributed by atoms with van der Waals surface area (Å²) in [5, 5.41) is 0. The summed E-state index contributed by atoms with van der Waals surface area (Å²) in [5.41, 5.74) is 4.79. The highest BCUT2D eigenvalue weighted by atomic mass is 16.5. The number of rotatable bonds is 22. The molecule has 39 heavy (non-hydrogen) atoms. The lowest BCUT2D eigenvalue weighted by Crippen LogP contribution is -2.12. The summed E-state index contributed by atoms with van der Waals surface area (Å²) in [5.74, 6) is -0.0346. The number of Topliss-reactive ketones (excluding diaryl/α,β-unsaturated/α-hetero) is 1. The van der Waals surface area contributed by atoms with Crippen molar-refractivity contribution in [1.29, 1.82) is 0 Å². The number of nitrogens with zero attached hydrogens (tertiary/aromatic N) is 1. The van der Waals surface area contributed by atoms with Crippen LogP contribution in [0.15, 0.2) is 30.3 Å². The van der Waals surface area contributed by atoms with Crippen molar-refractivity contribution in [3.8, 4) is 0 Å². The third-order valence-corrected chi connectivity index (χ3v) is 8.05. The molecule has 4 nitrogen and oxygen atoms in total. The molecule has 0 aliphatic rings. The zero-order valence-electron chi connectivity index (χ0n) is 25.5. The Morgan fingerprint density at radius 1 is 0.744 bits per heavy atom. The standard InChI is InChI=1S/C35H55NO3/c1-5-7-8-9-10-11-12-13-14-15-16-17-18-19-23-26-33(37)35-29(3)36(4)32(28-34(38)39-6-2)31(35)27-30-24-21-20-22-25-30/h20-22,24-25H,5-19,23,26-28H2,1-4H3. The molecule has 0 amide bonds. The molecule has 0 N–H and O–H groups in total. The van der Waals surface area contributed by atoms with E-state index in [0.717, 1.165) is 40.9 Å². The van der Waals surface area contributed by atoms with E-state index in [4.69, 9.17) is 4.74 Å². The van der Waals surface area contributed by atoms with Crippen molar-refractivity contribution in [2.45, 2.75) is 136 Å². The molecule has 2 rings (SSSR count). The van der Waals surface area contributed by atoms with Crippen LogP contribution in [0.3, 0.4) is 0 Å². The number of hydrogen-bond acceptors (Lipinski definition) is 3. The van der Waals surface area contributed by atoms with Gasteiger partial charge in [0.15, 0.2) is 5.78 Å². The van der Waals surface area contributed by atoms with E-state index in [1.54, 1.807) is 0 Å². The molecule has 1 aromatic heterocycles. The number of aromatic nitrogens is 1. The van der Waals surface area contributed by atoms with Gasteiger partial charge >= 0.3 is 5.97 Å². The number of unbranched alkanes of at least 4 members (excludes halogenated alkanes) is 14. The average Bonchev–Trinajstić information content (AvgIpc) is 3.15. The number of ketones is 1.